The number of aromatic hydroxyl groups is 1. The Hall–Kier alpha value is -2.26. The van der Waals surface area contributed by atoms with Crippen molar-refractivity contribution in [3.63, 3.8) is 0 Å². The Morgan fingerprint density at radius 3 is 2.46 bits per heavy atom. The summed E-state index contributed by atoms with van der Waals surface area (Å²) in [6.07, 6.45) is 0.320. The lowest BCUT2D eigenvalue weighted by molar-refractivity contribution is -0.130. The Kier molecular flexibility index (Phi) is 4.85. The standard InChI is InChI=1S/C17H17BrN4O3S/c1-9(23)22-13(10-4-6-11(18)7-5-10)8-12(19-22)14-15(24)20(2)17(26)21(3)16(14)25/h4-7,13,24H,8H2,1-3H3/t13-/m1/s1. The molecule has 9 heteroatoms. The first-order valence-corrected chi connectivity index (χ1v) is 9.04. The van der Waals surface area contributed by atoms with E-state index in [4.69, 9.17) is 12.2 Å². The van der Waals surface area contributed by atoms with Crippen LogP contribution < -0.4 is 5.56 Å². The molecule has 0 aliphatic carbocycles. The summed E-state index contributed by atoms with van der Waals surface area (Å²) >= 11 is 8.53. The average molecular weight is 437 g/mol. The van der Waals surface area contributed by atoms with Crippen LogP contribution >= 0.6 is 28.1 Å². The van der Waals surface area contributed by atoms with E-state index in [0.717, 1.165) is 10.0 Å². The molecule has 0 fully saturated rings. The van der Waals surface area contributed by atoms with Gasteiger partial charge >= 0.3 is 0 Å². The Balaban J connectivity index is 2.12. The van der Waals surface area contributed by atoms with Crippen LogP contribution in [0, 0.1) is 4.77 Å². The highest BCUT2D eigenvalue weighted by Gasteiger charge is 2.34. The van der Waals surface area contributed by atoms with Gasteiger partial charge in [0.15, 0.2) is 4.77 Å². The highest BCUT2D eigenvalue weighted by atomic mass is 79.9. The van der Waals surface area contributed by atoms with Crippen molar-refractivity contribution >= 4 is 39.8 Å². The zero-order chi connectivity index (χ0) is 19.2. The maximum Gasteiger partial charge on any atom is 0.267 e. The maximum atomic E-state index is 12.6. The topological polar surface area (TPSA) is 79.8 Å². The molecule has 1 amide bonds. The van der Waals surface area contributed by atoms with Gasteiger partial charge in [-0.25, -0.2) is 5.01 Å². The molecular formula is C17H17BrN4O3S. The molecule has 0 bridgehead atoms. The van der Waals surface area contributed by atoms with Gasteiger partial charge in [-0.05, 0) is 29.9 Å². The van der Waals surface area contributed by atoms with E-state index in [2.05, 4.69) is 21.0 Å². The summed E-state index contributed by atoms with van der Waals surface area (Å²) in [5, 5.41) is 16.1. The minimum Gasteiger partial charge on any atom is -0.494 e. The molecule has 1 N–H and O–H groups in total. The SMILES string of the molecule is CC(=O)N1N=C(c2c(O)n(C)c(=S)n(C)c2=O)C[C@@H]1c1ccc(Br)cc1. The molecule has 1 atom stereocenters. The van der Waals surface area contributed by atoms with Gasteiger partial charge in [0.1, 0.15) is 5.56 Å². The first-order chi connectivity index (χ1) is 12.2. The van der Waals surface area contributed by atoms with E-state index in [1.807, 2.05) is 24.3 Å². The van der Waals surface area contributed by atoms with Crippen LogP contribution in [0.2, 0.25) is 0 Å². The molecule has 1 aromatic carbocycles. The van der Waals surface area contributed by atoms with Gasteiger partial charge in [-0.1, -0.05) is 28.1 Å². The maximum absolute atomic E-state index is 12.6. The van der Waals surface area contributed by atoms with Crippen LogP contribution in [0.4, 0.5) is 0 Å². The number of halogens is 1. The molecule has 7 nitrogen and oxygen atoms in total. The summed E-state index contributed by atoms with van der Waals surface area (Å²) in [7, 11) is 3.11. The molecule has 26 heavy (non-hydrogen) atoms. The molecule has 136 valence electrons. The van der Waals surface area contributed by atoms with Crippen LogP contribution in [0.1, 0.15) is 30.5 Å². The fourth-order valence-corrected chi connectivity index (χ4v) is 3.42. The third-order valence-corrected chi connectivity index (χ3v) is 5.49. The predicted octanol–water partition coefficient (Wildman–Crippen LogP) is 2.62. The van der Waals surface area contributed by atoms with E-state index in [-0.39, 0.29) is 28.2 Å². The summed E-state index contributed by atoms with van der Waals surface area (Å²) in [4.78, 5) is 24.7. The number of carbonyl (C=O) groups excluding carboxylic acids is 1. The Morgan fingerprint density at radius 1 is 1.27 bits per heavy atom. The fraction of sp³-hybridized carbons (Fsp3) is 0.294. The number of hydrazone groups is 1. The van der Waals surface area contributed by atoms with E-state index in [0.29, 0.717) is 12.1 Å². The first-order valence-electron chi connectivity index (χ1n) is 7.84. The van der Waals surface area contributed by atoms with E-state index in [1.165, 1.54) is 28.1 Å². The molecule has 2 heterocycles. The third kappa shape index (κ3) is 3.01. The molecule has 0 saturated heterocycles. The molecule has 0 saturated carbocycles. The van der Waals surface area contributed by atoms with Gasteiger partial charge in [0, 0.05) is 31.9 Å². The van der Waals surface area contributed by atoms with Crippen LogP contribution in [-0.2, 0) is 18.9 Å². The van der Waals surface area contributed by atoms with Gasteiger partial charge < -0.3 is 5.11 Å². The fourth-order valence-electron chi connectivity index (χ4n) is 2.98. The van der Waals surface area contributed by atoms with Gasteiger partial charge in [0.25, 0.3) is 5.56 Å². The zero-order valence-corrected chi connectivity index (χ0v) is 16.8. The monoisotopic (exact) mass is 436 g/mol. The van der Waals surface area contributed by atoms with E-state index >= 15 is 0 Å². The van der Waals surface area contributed by atoms with Gasteiger partial charge in [-0.3, -0.25) is 18.7 Å². The average Bonchev–Trinajstić information content (AvgIpc) is 3.04. The van der Waals surface area contributed by atoms with Crippen molar-refractivity contribution in [2.24, 2.45) is 19.2 Å². The Labute approximate surface area is 163 Å². The zero-order valence-electron chi connectivity index (χ0n) is 14.4. The lowest BCUT2D eigenvalue weighted by Gasteiger charge is -2.20. The van der Waals surface area contributed by atoms with E-state index in [9.17, 15) is 14.7 Å². The van der Waals surface area contributed by atoms with E-state index in [1.54, 1.807) is 7.05 Å². The number of benzene rings is 1. The minimum atomic E-state index is -0.440. The number of aromatic nitrogens is 2. The Bertz CT molecular complexity index is 1040. The number of hydrogen-bond acceptors (Lipinski definition) is 5. The summed E-state index contributed by atoms with van der Waals surface area (Å²) in [5.74, 6) is -0.495. The highest BCUT2D eigenvalue weighted by molar-refractivity contribution is 9.10. The second kappa shape index (κ2) is 6.81. The second-order valence-electron chi connectivity index (χ2n) is 6.09. The molecule has 1 aliphatic rings. The van der Waals surface area contributed by atoms with Gasteiger partial charge in [-0.15, -0.1) is 0 Å². The second-order valence-corrected chi connectivity index (χ2v) is 7.37. The molecule has 2 aromatic rings. The van der Waals surface area contributed by atoms with Gasteiger partial charge in [0.2, 0.25) is 11.8 Å². The van der Waals surface area contributed by atoms with Crippen LogP contribution in [-0.4, -0.2) is 30.9 Å². The lowest BCUT2D eigenvalue weighted by atomic mass is 9.99. The molecular weight excluding hydrogens is 420 g/mol. The van der Waals surface area contributed by atoms with Gasteiger partial charge in [-0.2, -0.15) is 5.10 Å². The number of carbonyl (C=O) groups is 1. The van der Waals surface area contributed by atoms with Gasteiger partial charge in [0.05, 0.1) is 11.8 Å². The highest BCUT2D eigenvalue weighted by Crippen LogP contribution is 2.34. The summed E-state index contributed by atoms with van der Waals surface area (Å²) in [6.45, 7) is 1.42. The largest absolute Gasteiger partial charge is 0.494 e. The molecule has 1 aromatic heterocycles. The predicted molar refractivity (Wildman–Crippen MR) is 104 cm³/mol. The van der Waals surface area contributed by atoms with Crippen molar-refractivity contribution in [3.8, 4) is 5.88 Å². The van der Waals surface area contributed by atoms with Crippen LogP contribution in [0.5, 0.6) is 5.88 Å². The van der Waals surface area contributed by atoms with Crippen molar-refractivity contribution in [3.05, 3.63) is 55.0 Å². The normalized spacial score (nSPS) is 16.7. The quantitative estimate of drug-likeness (QED) is 0.733. The number of amides is 1. The van der Waals surface area contributed by atoms with E-state index < -0.39 is 5.56 Å². The van der Waals surface area contributed by atoms with Crippen molar-refractivity contribution in [2.45, 2.75) is 19.4 Å². The van der Waals surface area contributed by atoms with Crippen molar-refractivity contribution in [1.82, 2.24) is 14.1 Å². The Morgan fingerprint density at radius 2 is 1.88 bits per heavy atom. The molecule has 3 rings (SSSR count). The van der Waals surface area contributed by atoms with Crippen molar-refractivity contribution in [1.29, 1.82) is 0 Å². The summed E-state index contributed by atoms with van der Waals surface area (Å²) in [5.41, 5.74) is 0.873. The van der Waals surface area contributed by atoms with Crippen LogP contribution in [0.3, 0.4) is 0 Å². The van der Waals surface area contributed by atoms with Crippen LogP contribution in [0.25, 0.3) is 0 Å². The van der Waals surface area contributed by atoms with Crippen LogP contribution in [0.15, 0.2) is 38.6 Å². The summed E-state index contributed by atoms with van der Waals surface area (Å²) < 4.78 is 3.74. The first kappa shape index (κ1) is 18.5. The lowest BCUT2D eigenvalue weighted by Crippen LogP contribution is -2.28. The smallest absolute Gasteiger partial charge is 0.267 e. The molecule has 0 unspecified atom stereocenters. The van der Waals surface area contributed by atoms with Crippen molar-refractivity contribution in [2.75, 3.05) is 0 Å². The van der Waals surface area contributed by atoms with Crippen molar-refractivity contribution < 1.29 is 9.90 Å². The number of nitrogens with zero attached hydrogens (tertiary/aromatic N) is 4. The number of rotatable bonds is 2. The minimum absolute atomic E-state index is 0.0643. The summed E-state index contributed by atoms with van der Waals surface area (Å²) in [6, 6.07) is 7.22. The number of hydrogen-bond donors (Lipinski definition) is 1. The molecule has 0 radical (unpaired) electrons. The third-order valence-electron chi connectivity index (χ3n) is 4.41. The molecule has 0 spiro atoms. The molecule has 1 aliphatic heterocycles.